The van der Waals surface area contributed by atoms with Gasteiger partial charge in [-0.2, -0.15) is 0 Å². The number of carbonyl (C=O) groups excluding carboxylic acids is 1. The zero-order valence-corrected chi connectivity index (χ0v) is 12.9. The Hall–Kier alpha value is -1.32. The Kier molecular flexibility index (Phi) is 4.27. The van der Waals surface area contributed by atoms with E-state index < -0.39 is 0 Å². The Morgan fingerprint density at radius 2 is 1.79 bits per heavy atom. The van der Waals surface area contributed by atoms with Crippen molar-refractivity contribution in [3.05, 3.63) is 56.5 Å². The lowest BCUT2D eigenvalue weighted by atomic mass is 10.1. The van der Waals surface area contributed by atoms with E-state index >= 15 is 0 Å². The maximum atomic E-state index is 11.0. The lowest BCUT2D eigenvalue weighted by molar-refractivity contribution is 0.112. The first kappa shape index (κ1) is 14.1. The summed E-state index contributed by atoms with van der Waals surface area (Å²) in [7, 11) is 0. The Labute approximate surface area is 125 Å². The summed E-state index contributed by atoms with van der Waals surface area (Å²) in [5, 5.41) is 0.735. The van der Waals surface area contributed by atoms with Crippen LogP contribution in [0.3, 0.4) is 0 Å². The molecule has 4 heteroatoms. The minimum absolute atomic E-state index is 0.500. The molecule has 0 saturated carbocycles. The Morgan fingerprint density at radius 3 is 2.37 bits per heavy atom. The third kappa shape index (κ3) is 3.17. The number of ether oxygens (including phenoxy) is 1. The molecule has 98 valence electrons. The van der Waals surface area contributed by atoms with Crippen LogP contribution in [0.1, 0.15) is 21.5 Å². The van der Waals surface area contributed by atoms with Gasteiger partial charge >= 0.3 is 0 Å². The van der Waals surface area contributed by atoms with Crippen LogP contribution in [0.15, 0.2) is 34.8 Å². The largest absolute Gasteiger partial charge is 0.457 e. The second-order valence-electron chi connectivity index (χ2n) is 4.27. The van der Waals surface area contributed by atoms with Crippen LogP contribution >= 0.6 is 27.5 Å². The summed E-state index contributed by atoms with van der Waals surface area (Å²) in [5.41, 5.74) is 2.39. The van der Waals surface area contributed by atoms with Crippen molar-refractivity contribution in [2.75, 3.05) is 0 Å². The number of aryl methyl sites for hydroxylation is 2. The third-order valence-electron chi connectivity index (χ3n) is 2.74. The van der Waals surface area contributed by atoms with Gasteiger partial charge in [0.2, 0.25) is 0 Å². The quantitative estimate of drug-likeness (QED) is 0.707. The molecule has 0 aromatic heterocycles. The monoisotopic (exact) mass is 338 g/mol. The van der Waals surface area contributed by atoms with E-state index in [9.17, 15) is 4.79 Å². The second-order valence-corrected chi connectivity index (χ2v) is 5.57. The fourth-order valence-corrected chi connectivity index (χ4v) is 2.28. The summed E-state index contributed by atoms with van der Waals surface area (Å²) in [6, 6.07) is 9.01. The van der Waals surface area contributed by atoms with E-state index in [4.69, 9.17) is 16.3 Å². The van der Waals surface area contributed by atoms with Gasteiger partial charge in [-0.05, 0) is 55.3 Å². The van der Waals surface area contributed by atoms with Crippen molar-refractivity contribution in [1.82, 2.24) is 0 Å². The summed E-state index contributed by atoms with van der Waals surface area (Å²) in [6.45, 7) is 3.84. The molecule has 0 spiro atoms. The standard InChI is InChI=1S/C15H12BrClO2/c1-9-5-13(6-10(2)15(9)17)19-14-4-3-12(16)7-11(14)8-18/h3-8H,1-2H3. The molecule has 0 fully saturated rings. The lowest BCUT2D eigenvalue weighted by Gasteiger charge is -2.11. The highest BCUT2D eigenvalue weighted by atomic mass is 79.9. The molecule has 2 nitrogen and oxygen atoms in total. The van der Waals surface area contributed by atoms with Crippen LogP contribution in [-0.4, -0.2) is 6.29 Å². The minimum Gasteiger partial charge on any atom is -0.457 e. The number of aldehydes is 1. The average Bonchev–Trinajstić information content (AvgIpc) is 2.38. The van der Waals surface area contributed by atoms with Crippen LogP contribution < -0.4 is 4.74 Å². The Morgan fingerprint density at radius 1 is 1.16 bits per heavy atom. The van der Waals surface area contributed by atoms with E-state index in [0.717, 1.165) is 26.9 Å². The topological polar surface area (TPSA) is 26.3 Å². The molecule has 2 aromatic rings. The van der Waals surface area contributed by atoms with Gasteiger partial charge in [0.15, 0.2) is 6.29 Å². The van der Waals surface area contributed by atoms with Crippen LogP contribution in [0.5, 0.6) is 11.5 Å². The molecule has 0 saturated heterocycles. The van der Waals surface area contributed by atoms with Crippen molar-refractivity contribution in [3.8, 4) is 11.5 Å². The summed E-state index contributed by atoms with van der Waals surface area (Å²) >= 11 is 9.44. The molecule has 2 rings (SSSR count). The number of halogens is 2. The fraction of sp³-hybridized carbons (Fsp3) is 0.133. The fourth-order valence-electron chi connectivity index (χ4n) is 1.80. The van der Waals surface area contributed by atoms with Crippen molar-refractivity contribution in [2.24, 2.45) is 0 Å². The first-order chi connectivity index (χ1) is 9.01. The second kappa shape index (κ2) is 5.76. The zero-order valence-electron chi connectivity index (χ0n) is 10.5. The molecule has 0 N–H and O–H groups in total. The predicted octanol–water partition coefficient (Wildman–Crippen LogP) is 5.32. The molecule has 0 radical (unpaired) electrons. The van der Waals surface area contributed by atoms with Gasteiger partial charge in [0, 0.05) is 9.50 Å². The molecule has 0 atom stereocenters. The van der Waals surface area contributed by atoms with E-state index in [1.54, 1.807) is 12.1 Å². The van der Waals surface area contributed by atoms with Gasteiger partial charge in [0.05, 0.1) is 5.56 Å². The molecule has 0 bridgehead atoms. The lowest BCUT2D eigenvalue weighted by Crippen LogP contribution is -1.92. The van der Waals surface area contributed by atoms with Gasteiger partial charge in [-0.25, -0.2) is 0 Å². The first-order valence-corrected chi connectivity index (χ1v) is 6.87. The molecule has 0 heterocycles. The Bertz CT molecular complexity index is 615. The third-order valence-corrected chi connectivity index (χ3v) is 3.83. The van der Waals surface area contributed by atoms with Crippen LogP contribution in [-0.2, 0) is 0 Å². The molecular formula is C15H12BrClO2. The highest BCUT2D eigenvalue weighted by molar-refractivity contribution is 9.10. The number of hydrogen-bond acceptors (Lipinski definition) is 2. The highest BCUT2D eigenvalue weighted by Gasteiger charge is 2.08. The van der Waals surface area contributed by atoms with Crippen LogP contribution in [0.2, 0.25) is 5.02 Å². The van der Waals surface area contributed by atoms with Crippen LogP contribution in [0, 0.1) is 13.8 Å². The summed E-state index contributed by atoms with van der Waals surface area (Å²) < 4.78 is 6.60. The number of benzene rings is 2. The SMILES string of the molecule is Cc1cc(Oc2ccc(Br)cc2C=O)cc(C)c1Cl. The van der Waals surface area contributed by atoms with Gasteiger partial charge in [0.25, 0.3) is 0 Å². The van der Waals surface area contributed by atoms with E-state index in [0.29, 0.717) is 17.1 Å². The predicted molar refractivity (Wildman–Crippen MR) is 80.5 cm³/mol. The first-order valence-electron chi connectivity index (χ1n) is 5.70. The van der Waals surface area contributed by atoms with E-state index in [1.807, 2.05) is 32.0 Å². The molecule has 19 heavy (non-hydrogen) atoms. The molecule has 0 aliphatic heterocycles. The van der Waals surface area contributed by atoms with Crippen molar-refractivity contribution in [2.45, 2.75) is 13.8 Å². The average molecular weight is 340 g/mol. The Balaban J connectivity index is 2.39. The van der Waals surface area contributed by atoms with Crippen molar-refractivity contribution in [1.29, 1.82) is 0 Å². The maximum Gasteiger partial charge on any atom is 0.153 e. The highest BCUT2D eigenvalue weighted by Crippen LogP contribution is 2.31. The minimum atomic E-state index is 0.500. The summed E-state index contributed by atoms with van der Waals surface area (Å²) in [6.07, 6.45) is 0.774. The van der Waals surface area contributed by atoms with Crippen LogP contribution in [0.4, 0.5) is 0 Å². The number of hydrogen-bond donors (Lipinski definition) is 0. The van der Waals surface area contributed by atoms with Gasteiger partial charge in [-0.15, -0.1) is 0 Å². The summed E-state index contributed by atoms with van der Waals surface area (Å²) in [4.78, 5) is 11.0. The maximum absolute atomic E-state index is 11.0. The smallest absolute Gasteiger partial charge is 0.153 e. The molecule has 0 aliphatic carbocycles. The molecule has 0 aliphatic rings. The van der Waals surface area contributed by atoms with Crippen LogP contribution in [0.25, 0.3) is 0 Å². The van der Waals surface area contributed by atoms with Crippen molar-refractivity contribution >= 4 is 33.8 Å². The van der Waals surface area contributed by atoms with Gasteiger partial charge in [-0.1, -0.05) is 27.5 Å². The number of rotatable bonds is 3. The number of carbonyl (C=O) groups is 1. The van der Waals surface area contributed by atoms with E-state index in [2.05, 4.69) is 15.9 Å². The van der Waals surface area contributed by atoms with E-state index in [-0.39, 0.29) is 0 Å². The van der Waals surface area contributed by atoms with Gasteiger partial charge in [-0.3, -0.25) is 4.79 Å². The molecular weight excluding hydrogens is 328 g/mol. The van der Waals surface area contributed by atoms with Gasteiger partial charge < -0.3 is 4.74 Å². The van der Waals surface area contributed by atoms with E-state index in [1.165, 1.54) is 0 Å². The molecule has 2 aromatic carbocycles. The molecule has 0 amide bonds. The zero-order chi connectivity index (χ0) is 14.0. The summed E-state index contributed by atoms with van der Waals surface area (Å²) in [5.74, 6) is 1.20. The van der Waals surface area contributed by atoms with Gasteiger partial charge in [0.1, 0.15) is 11.5 Å². The van der Waals surface area contributed by atoms with Crippen molar-refractivity contribution < 1.29 is 9.53 Å². The molecule has 0 unspecified atom stereocenters. The normalized spacial score (nSPS) is 10.3. The van der Waals surface area contributed by atoms with Crippen molar-refractivity contribution in [3.63, 3.8) is 0 Å².